The molecule has 0 unspecified atom stereocenters. The number of anilines is 4. The maximum atomic E-state index is 9.15. The minimum Gasteiger partial charge on any atom is -0.509 e. The number of rotatable bonds is 10. The number of aromatic nitrogens is 3. The van der Waals surface area contributed by atoms with Crippen LogP contribution in [0.4, 0.5) is 22.7 Å². The molecule has 3 aromatic heterocycles. The van der Waals surface area contributed by atoms with E-state index in [-0.39, 0.29) is 65.3 Å². The van der Waals surface area contributed by atoms with Crippen LogP contribution in [0.3, 0.4) is 0 Å². The largest absolute Gasteiger partial charge is 0.509 e. The van der Waals surface area contributed by atoms with E-state index in [1.165, 1.54) is 5.56 Å². The zero-order chi connectivity index (χ0) is 67.1. The fraction of sp³-hybridized carbons (Fsp3) is 0.154. The van der Waals surface area contributed by atoms with Crippen LogP contribution in [-0.2, 0) is 37.3 Å². The normalized spacial score (nSPS) is 14.4. The molecule has 0 radical (unpaired) electrons. The van der Waals surface area contributed by atoms with E-state index in [4.69, 9.17) is 28.2 Å². The summed E-state index contributed by atoms with van der Waals surface area (Å²) >= 11 is 0. The number of hydrogen-bond donors (Lipinski definition) is 0. The molecule has 0 saturated carbocycles. The van der Waals surface area contributed by atoms with Crippen LogP contribution in [0, 0.1) is 18.8 Å². The third kappa shape index (κ3) is 10.0. The quantitative estimate of drug-likeness (QED) is 0.128. The average Bonchev–Trinajstić information content (AvgIpc) is 1.42. The Bertz CT molecular complexity index is 5120. The summed E-state index contributed by atoms with van der Waals surface area (Å²) < 4.78 is 107. The van der Waals surface area contributed by atoms with Gasteiger partial charge in [0.05, 0.1) is 24.7 Å². The van der Waals surface area contributed by atoms with E-state index in [0.717, 1.165) is 60.7 Å². The van der Waals surface area contributed by atoms with E-state index < -0.39 is 60.4 Å². The van der Waals surface area contributed by atoms with Crippen molar-refractivity contribution in [3.05, 3.63) is 266 Å². The van der Waals surface area contributed by atoms with Gasteiger partial charge in [-0.05, 0) is 86.9 Å². The molecular weight excluding hydrogens is 1230 g/mol. The number of ether oxygens (including phenoxy) is 2. The van der Waals surface area contributed by atoms with Crippen molar-refractivity contribution in [3.8, 4) is 56.8 Å². The van der Waals surface area contributed by atoms with E-state index in [9.17, 15) is 0 Å². The molecule has 1 aliphatic heterocycles. The Morgan fingerprint density at radius 3 is 1.66 bits per heavy atom. The summed E-state index contributed by atoms with van der Waals surface area (Å²) in [7, 11) is 0. The van der Waals surface area contributed by atoms with Crippen LogP contribution in [0.2, 0.25) is 0 Å². The molecule has 86 heavy (non-hydrogen) atoms. The van der Waals surface area contributed by atoms with Crippen LogP contribution in [-0.4, -0.2) is 14.1 Å². The van der Waals surface area contributed by atoms with Gasteiger partial charge in [0, 0.05) is 106 Å². The van der Waals surface area contributed by atoms with Crippen molar-refractivity contribution in [2.45, 2.75) is 78.6 Å². The molecular formula is C78H66N5O2Pt-3. The smallest absolute Gasteiger partial charge is 0.139 e. The van der Waals surface area contributed by atoms with Gasteiger partial charge < -0.3 is 28.4 Å². The fourth-order valence-electron chi connectivity index (χ4n) is 11.8. The molecule has 0 aliphatic carbocycles. The molecule has 0 N–H and O–H groups in total. The third-order valence-electron chi connectivity index (χ3n) is 15.9. The molecule has 4 heterocycles. The maximum Gasteiger partial charge on any atom is 0.139 e. The van der Waals surface area contributed by atoms with E-state index >= 15 is 0 Å². The Kier molecular flexibility index (Phi) is 11.4. The minimum atomic E-state index is -0.574. The molecule has 0 saturated heterocycles. The molecule has 1 aliphatic rings. The summed E-state index contributed by atoms with van der Waals surface area (Å²) in [5.74, 6) is 2.77. The van der Waals surface area contributed by atoms with Gasteiger partial charge in [0.25, 0.3) is 0 Å². The molecule has 8 heteroatoms. The molecule has 0 atom stereocenters. The molecule has 10 aromatic carbocycles. The van der Waals surface area contributed by atoms with Gasteiger partial charge in [-0.1, -0.05) is 207 Å². The van der Waals surface area contributed by atoms with E-state index in [0.29, 0.717) is 45.6 Å². The molecule has 7 nitrogen and oxygen atoms in total. The van der Waals surface area contributed by atoms with Gasteiger partial charge in [0.2, 0.25) is 0 Å². The van der Waals surface area contributed by atoms with Crippen LogP contribution in [0.25, 0.3) is 77.4 Å². The first kappa shape index (κ1) is 45.2. The molecule has 0 spiro atoms. The fourth-order valence-corrected chi connectivity index (χ4v) is 11.8. The first-order valence-electron chi connectivity index (χ1n) is 33.5. The monoisotopic (exact) mass is 1310 g/mol. The molecule has 0 amide bonds. The van der Waals surface area contributed by atoms with Gasteiger partial charge in [0.1, 0.15) is 17.3 Å². The number of nitrogens with zero attached hydrogens (tertiary/aromatic N) is 5. The van der Waals surface area contributed by atoms with Crippen molar-refractivity contribution < 1.29 is 44.2 Å². The predicted molar refractivity (Wildman–Crippen MR) is 352 cm³/mol. The zero-order valence-corrected chi connectivity index (χ0v) is 51.4. The second-order valence-electron chi connectivity index (χ2n) is 24.6. The standard InChI is InChI=1S/C78H66N5O2.Pt/c1-76(2,3)53-44-65(77(4,5)6)75(66(45-53)78(7,8)9)85-58-42-43-79-73(49-58)83-69-41-38-55(82-67-34-18-16-30-61(67)62-31-17-19-35-68(62)82)47-64(69)63-40-39-57(48-72(63)83)84-56-29-22-28-54(46-56)80-50-81(71-37-21-20-36-70(71)80)74-59(51-24-12-10-13-25-51)32-23-33-60(74)52-26-14-11-15-27-52;/h10-45,47,49-50H,1-9H3;/q-3;/i10D,11D,12D,13D,14D,15D,24D,25D,26D,27D;. The Labute approximate surface area is 533 Å². The number of benzene rings is 10. The second kappa shape index (κ2) is 21.7. The second-order valence-corrected chi connectivity index (χ2v) is 24.6. The minimum absolute atomic E-state index is 0. The van der Waals surface area contributed by atoms with Crippen LogP contribution < -0.4 is 19.3 Å². The van der Waals surface area contributed by atoms with E-state index in [1.807, 2.05) is 65.6 Å². The van der Waals surface area contributed by atoms with Crippen molar-refractivity contribution in [1.29, 1.82) is 0 Å². The van der Waals surface area contributed by atoms with E-state index in [2.05, 4.69) is 162 Å². The summed E-state index contributed by atoms with van der Waals surface area (Å²) in [6.07, 6.45) is 1.78. The van der Waals surface area contributed by atoms with Crippen molar-refractivity contribution in [3.63, 3.8) is 0 Å². The Hall–Kier alpha value is -9.16. The van der Waals surface area contributed by atoms with Crippen molar-refractivity contribution in [1.82, 2.24) is 14.1 Å². The topological polar surface area (TPSA) is 47.7 Å². The summed E-state index contributed by atoms with van der Waals surface area (Å²) in [5, 5.41) is 4.17. The van der Waals surface area contributed by atoms with Crippen LogP contribution >= 0.6 is 0 Å². The van der Waals surface area contributed by atoms with Gasteiger partial charge in [-0.25, -0.2) is 4.98 Å². The Balaban J connectivity index is 0.00000833. The number of pyridine rings is 1. The summed E-state index contributed by atoms with van der Waals surface area (Å²) in [5.41, 5.74) is 9.58. The maximum absolute atomic E-state index is 9.15. The van der Waals surface area contributed by atoms with Crippen LogP contribution in [0.5, 0.6) is 23.0 Å². The molecule has 0 bridgehead atoms. The molecule has 13 aromatic rings. The van der Waals surface area contributed by atoms with Gasteiger partial charge in [0.15, 0.2) is 0 Å². The summed E-state index contributed by atoms with van der Waals surface area (Å²) in [6, 6.07) is 55.5. The molecule has 0 fully saturated rings. The number of fused-ring (bicyclic) bond motifs is 7. The predicted octanol–water partition coefficient (Wildman–Crippen LogP) is 21.1. The summed E-state index contributed by atoms with van der Waals surface area (Å²) in [6.45, 7) is 21.9. The van der Waals surface area contributed by atoms with Gasteiger partial charge in [-0.15, -0.1) is 48.1 Å². The Morgan fingerprint density at radius 1 is 0.477 bits per heavy atom. The van der Waals surface area contributed by atoms with Crippen molar-refractivity contribution >= 4 is 66.4 Å². The first-order valence-corrected chi connectivity index (χ1v) is 28.5. The number of para-hydroxylation sites is 5. The third-order valence-corrected chi connectivity index (χ3v) is 15.9. The summed E-state index contributed by atoms with van der Waals surface area (Å²) in [4.78, 5) is 8.69. The SMILES string of the molecule is [2H]c1c([2H])c([2H])c(-c2cccc(-c3c([2H])c([2H])c([2H])c([2H])c3[2H])c2N2[CH-]N(c3[c-]c(Oc4[c-]c5c(cc4)c4cc(-n6c7ccccc7c7ccccc76)ccc4n5-c4cc(Oc5c(C(C)(C)C)cc(C(C)(C)C)cc5C(C)(C)C)ccn4)ccc3)c3ccccc32)c([2H])c1[2H].[Pt]. The van der Waals surface area contributed by atoms with Gasteiger partial charge in [-0.2, -0.15) is 12.1 Å². The van der Waals surface area contributed by atoms with Crippen molar-refractivity contribution in [2.24, 2.45) is 0 Å². The molecule has 14 rings (SSSR count). The molecule has 428 valence electrons. The van der Waals surface area contributed by atoms with Gasteiger partial charge >= 0.3 is 0 Å². The van der Waals surface area contributed by atoms with Crippen molar-refractivity contribution in [2.75, 3.05) is 9.80 Å². The van der Waals surface area contributed by atoms with Crippen LogP contribution in [0.15, 0.2) is 230 Å². The average molecular weight is 1310 g/mol. The van der Waals surface area contributed by atoms with Gasteiger partial charge in [-0.3, -0.25) is 0 Å². The Morgan fingerprint density at radius 2 is 1.05 bits per heavy atom. The zero-order valence-electron chi connectivity index (χ0n) is 59.1. The van der Waals surface area contributed by atoms with Crippen LogP contribution in [0.1, 0.15) is 92.7 Å². The number of hydrogen-bond acceptors (Lipinski definition) is 5. The van der Waals surface area contributed by atoms with E-state index in [1.54, 1.807) is 42.0 Å². The first-order chi connectivity index (χ1) is 45.2.